The van der Waals surface area contributed by atoms with Crippen molar-refractivity contribution in [1.29, 1.82) is 0 Å². The number of benzene rings is 2. The van der Waals surface area contributed by atoms with Gasteiger partial charge in [-0.15, -0.1) is 0 Å². The summed E-state index contributed by atoms with van der Waals surface area (Å²) in [5, 5.41) is 0. The third kappa shape index (κ3) is 6.12. The lowest BCUT2D eigenvalue weighted by atomic mass is 9.83. The van der Waals surface area contributed by atoms with Crippen molar-refractivity contribution in [2.75, 3.05) is 0 Å². The topological polar surface area (TPSA) is 83.5 Å². The van der Waals surface area contributed by atoms with Crippen LogP contribution in [0.25, 0.3) is 0 Å². The lowest BCUT2D eigenvalue weighted by molar-refractivity contribution is 0.0731. The zero-order valence-corrected chi connectivity index (χ0v) is 24.4. The lowest BCUT2D eigenvalue weighted by Crippen LogP contribution is -2.16. The van der Waals surface area contributed by atoms with Crippen LogP contribution in [0.3, 0.4) is 0 Å². The van der Waals surface area contributed by atoms with Gasteiger partial charge < -0.3 is 9.29 Å². The maximum atomic E-state index is 13.1. The smallest absolute Gasteiger partial charge is 0.344 e. The van der Waals surface area contributed by atoms with E-state index in [0.29, 0.717) is 22.4 Å². The van der Waals surface area contributed by atoms with Gasteiger partial charge in [0.05, 0.1) is 10.5 Å². The second-order valence-corrected chi connectivity index (χ2v) is 12.8. The fourth-order valence-electron chi connectivity index (χ4n) is 3.94. The van der Waals surface area contributed by atoms with Gasteiger partial charge in [0.1, 0.15) is 15.9 Å². The first-order valence-corrected chi connectivity index (χ1v) is 14.6. The second-order valence-electron chi connectivity index (χ2n) is 8.01. The van der Waals surface area contributed by atoms with Crippen LogP contribution in [0.1, 0.15) is 79.3 Å². The van der Waals surface area contributed by atoms with E-state index in [1.807, 2.05) is 19.9 Å². The molecule has 2 aromatic rings. The van der Waals surface area contributed by atoms with Crippen LogP contribution in [0.2, 0.25) is 0 Å². The van der Waals surface area contributed by atoms with Gasteiger partial charge >= 0.3 is 5.97 Å². The maximum absolute atomic E-state index is 13.1. The van der Waals surface area contributed by atoms with Gasteiger partial charge in [0.2, 0.25) is 0 Å². The van der Waals surface area contributed by atoms with E-state index in [1.165, 1.54) is 6.07 Å². The summed E-state index contributed by atoms with van der Waals surface area (Å²) in [6, 6.07) is 6.80. The average molecular weight is 779 g/mol. The second kappa shape index (κ2) is 10.5. The summed E-state index contributed by atoms with van der Waals surface area (Å²) >= 11 is 6.47. The molecule has 0 aliphatic heterocycles. The van der Waals surface area contributed by atoms with Crippen molar-refractivity contribution in [1.82, 2.24) is 0 Å². The molecule has 0 atom stereocenters. The molecule has 0 unspecified atom stereocenters. The zero-order chi connectivity index (χ0) is 22.9. The molecule has 1 saturated carbocycles. The number of carbonyl (C=O) groups excluding carboxylic acids is 1. The first-order chi connectivity index (χ1) is 14.5. The Kier molecular flexibility index (Phi) is 8.69. The minimum atomic E-state index is -4.65. The summed E-state index contributed by atoms with van der Waals surface area (Å²) < 4.78 is 44.8. The number of hydrogen-bond donors (Lipinski definition) is 0. The normalized spacial score (nSPS) is 15.3. The van der Waals surface area contributed by atoms with Crippen LogP contribution in [0, 0.1) is 10.7 Å². The molecule has 1 fully saturated rings. The molecule has 0 N–H and O–H groups in total. The van der Waals surface area contributed by atoms with Crippen LogP contribution in [-0.4, -0.2) is 18.9 Å². The van der Waals surface area contributed by atoms with E-state index < -0.39 is 16.1 Å². The molecule has 9 heteroatoms. The SMILES string of the molecule is CC(C)c1cc(S(=O)(=O)[O-])c(C2CCCCC2)cc1OC(=O)c1cc(I)cc(I)c1I. The summed E-state index contributed by atoms with van der Waals surface area (Å²) in [7, 11) is -4.65. The molecule has 0 heterocycles. The van der Waals surface area contributed by atoms with Gasteiger partial charge in [0.15, 0.2) is 0 Å². The molecule has 0 aromatic heterocycles. The summed E-state index contributed by atoms with van der Waals surface area (Å²) in [5.41, 5.74) is 1.48. The molecule has 3 rings (SSSR count). The summed E-state index contributed by atoms with van der Waals surface area (Å²) in [4.78, 5) is 12.9. The highest BCUT2D eigenvalue weighted by Gasteiger charge is 2.26. The molecule has 168 valence electrons. The van der Waals surface area contributed by atoms with Crippen LogP contribution in [0.5, 0.6) is 5.75 Å². The van der Waals surface area contributed by atoms with Gasteiger partial charge in [-0.1, -0.05) is 33.1 Å². The number of rotatable bonds is 5. The fraction of sp³-hybridized carbons (Fsp3) is 0.409. The molecular weight excluding hydrogens is 757 g/mol. The van der Waals surface area contributed by atoms with Crippen LogP contribution in [0.15, 0.2) is 29.2 Å². The van der Waals surface area contributed by atoms with E-state index in [0.717, 1.165) is 42.8 Å². The highest BCUT2D eigenvalue weighted by atomic mass is 127. The Morgan fingerprint density at radius 2 is 1.71 bits per heavy atom. The third-order valence-electron chi connectivity index (χ3n) is 5.49. The van der Waals surface area contributed by atoms with E-state index in [4.69, 9.17) is 4.74 Å². The van der Waals surface area contributed by atoms with Crippen LogP contribution >= 0.6 is 67.8 Å². The minimum absolute atomic E-state index is 0.0232. The summed E-state index contributed by atoms with van der Waals surface area (Å²) in [6.07, 6.45) is 4.73. The molecule has 0 saturated heterocycles. The Morgan fingerprint density at radius 1 is 1.06 bits per heavy atom. The van der Waals surface area contributed by atoms with E-state index in [1.54, 1.807) is 12.1 Å². The van der Waals surface area contributed by atoms with E-state index in [2.05, 4.69) is 67.8 Å². The molecule has 0 amide bonds. The Bertz CT molecular complexity index is 1110. The van der Waals surface area contributed by atoms with Gasteiger partial charge in [0.25, 0.3) is 0 Å². The molecule has 1 aliphatic carbocycles. The quantitative estimate of drug-likeness (QED) is 0.110. The molecule has 1 aliphatic rings. The minimum Gasteiger partial charge on any atom is -0.744 e. The average Bonchev–Trinajstić information content (AvgIpc) is 2.69. The number of esters is 1. The number of carbonyl (C=O) groups is 1. The highest BCUT2D eigenvalue weighted by molar-refractivity contribution is 14.1. The fourth-order valence-corrected chi connectivity index (χ4v) is 7.10. The van der Waals surface area contributed by atoms with Gasteiger partial charge in [-0.25, -0.2) is 13.2 Å². The molecule has 0 radical (unpaired) electrons. The molecule has 31 heavy (non-hydrogen) atoms. The zero-order valence-electron chi connectivity index (χ0n) is 17.1. The summed E-state index contributed by atoms with van der Waals surface area (Å²) in [5.74, 6) is -0.309. The van der Waals surface area contributed by atoms with Crippen LogP contribution in [0.4, 0.5) is 0 Å². The Morgan fingerprint density at radius 3 is 2.29 bits per heavy atom. The molecule has 2 aromatic carbocycles. The van der Waals surface area contributed by atoms with Crippen LogP contribution in [-0.2, 0) is 10.1 Å². The van der Waals surface area contributed by atoms with Crippen molar-refractivity contribution < 1.29 is 22.5 Å². The predicted molar refractivity (Wildman–Crippen MR) is 144 cm³/mol. The van der Waals surface area contributed by atoms with Crippen molar-refractivity contribution in [2.45, 2.75) is 62.7 Å². The Labute approximate surface area is 224 Å². The lowest BCUT2D eigenvalue weighted by Gasteiger charge is -2.27. The molecular formula is C22H22I3O5S-. The highest BCUT2D eigenvalue weighted by Crippen LogP contribution is 2.41. The number of halogens is 3. The Balaban J connectivity index is 2.11. The van der Waals surface area contributed by atoms with Crippen LogP contribution < -0.4 is 4.74 Å². The van der Waals surface area contributed by atoms with Gasteiger partial charge in [-0.05, 0) is 128 Å². The van der Waals surface area contributed by atoms with Crippen molar-refractivity contribution in [3.63, 3.8) is 0 Å². The third-order valence-corrected chi connectivity index (χ3v) is 10.1. The molecule has 0 bridgehead atoms. The maximum Gasteiger partial charge on any atom is 0.344 e. The number of ether oxygens (including phenoxy) is 1. The first kappa shape index (κ1) is 25.6. The standard InChI is InChI=1S/C22H23I3O5S/c1-12(2)15-11-20(31(27,28)29)16(13-6-4-3-5-7-13)10-19(15)30-22(26)17-8-14(23)9-18(24)21(17)25/h8-13H,3-7H2,1-2H3,(H,27,28,29)/p-1. The van der Waals surface area contributed by atoms with Crippen molar-refractivity contribution in [3.05, 3.63) is 51.7 Å². The Hall–Kier alpha value is 0.0100. The number of hydrogen-bond acceptors (Lipinski definition) is 5. The van der Waals surface area contributed by atoms with Crippen molar-refractivity contribution in [3.8, 4) is 5.75 Å². The summed E-state index contributed by atoms with van der Waals surface area (Å²) in [6.45, 7) is 3.76. The molecule has 5 nitrogen and oxygen atoms in total. The van der Waals surface area contributed by atoms with Gasteiger partial charge in [-0.2, -0.15) is 0 Å². The molecule has 0 spiro atoms. The van der Waals surface area contributed by atoms with E-state index in [-0.39, 0.29) is 16.7 Å². The van der Waals surface area contributed by atoms with E-state index in [9.17, 15) is 17.8 Å². The first-order valence-electron chi connectivity index (χ1n) is 9.99. The van der Waals surface area contributed by atoms with Crippen molar-refractivity contribution >= 4 is 83.9 Å². The van der Waals surface area contributed by atoms with Crippen molar-refractivity contribution in [2.24, 2.45) is 0 Å². The van der Waals surface area contributed by atoms with E-state index >= 15 is 0 Å². The monoisotopic (exact) mass is 779 g/mol. The van der Waals surface area contributed by atoms with Gasteiger partial charge in [0, 0.05) is 10.7 Å². The van der Waals surface area contributed by atoms with Gasteiger partial charge in [-0.3, -0.25) is 0 Å². The predicted octanol–water partition coefficient (Wildman–Crippen LogP) is 6.79. The largest absolute Gasteiger partial charge is 0.744 e.